The van der Waals surface area contributed by atoms with Crippen LogP contribution in [0.5, 0.6) is 0 Å². The molecule has 78 valence electrons. The zero-order valence-corrected chi connectivity index (χ0v) is 8.59. The molecule has 0 saturated heterocycles. The summed E-state index contributed by atoms with van der Waals surface area (Å²) >= 11 is 0. The van der Waals surface area contributed by atoms with Gasteiger partial charge in [-0.3, -0.25) is 14.8 Å². The number of ketones is 2. The van der Waals surface area contributed by atoms with Crippen molar-refractivity contribution in [2.75, 3.05) is 0 Å². The standard InChI is InChI=1S/C10H14O4/c1-6(2)8(11)10(5,14-13)9(12)7(3)4/h13H,1,3H2,2,4-5H3. The number of carbonyl (C=O) groups excluding carboxylic acids is 2. The lowest BCUT2D eigenvalue weighted by molar-refractivity contribution is -0.294. The van der Waals surface area contributed by atoms with Gasteiger partial charge in [0.05, 0.1) is 0 Å². The maximum Gasteiger partial charge on any atom is 0.224 e. The number of rotatable bonds is 5. The molecular formula is C10H14O4. The van der Waals surface area contributed by atoms with Gasteiger partial charge in [0.15, 0.2) is 0 Å². The van der Waals surface area contributed by atoms with E-state index in [0.717, 1.165) is 0 Å². The fourth-order valence-corrected chi connectivity index (χ4v) is 1.00. The Morgan fingerprint density at radius 1 is 1.14 bits per heavy atom. The second-order valence-electron chi connectivity index (χ2n) is 3.34. The Labute approximate surface area is 82.8 Å². The third-order valence-corrected chi connectivity index (χ3v) is 1.82. The molecule has 1 N–H and O–H groups in total. The summed E-state index contributed by atoms with van der Waals surface area (Å²) in [6.07, 6.45) is 0. The summed E-state index contributed by atoms with van der Waals surface area (Å²) in [5, 5.41) is 8.60. The Balaban J connectivity index is 5.18. The highest BCUT2D eigenvalue weighted by Gasteiger charge is 2.43. The lowest BCUT2D eigenvalue weighted by Gasteiger charge is -2.22. The van der Waals surface area contributed by atoms with Gasteiger partial charge >= 0.3 is 0 Å². The Hall–Kier alpha value is -1.26. The number of carbonyl (C=O) groups is 2. The largest absolute Gasteiger partial charge is 0.291 e. The summed E-state index contributed by atoms with van der Waals surface area (Å²) in [6.45, 7) is 10.8. The van der Waals surface area contributed by atoms with Crippen LogP contribution < -0.4 is 0 Å². The van der Waals surface area contributed by atoms with Crippen molar-refractivity contribution in [1.29, 1.82) is 0 Å². The molecule has 0 saturated carbocycles. The first-order valence-electron chi connectivity index (χ1n) is 4.00. The highest BCUT2D eigenvalue weighted by Crippen LogP contribution is 2.19. The van der Waals surface area contributed by atoms with E-state index >= 15 is 0 Å². The van der Waals surface area contributed by atoms with Crippen molar-refractivity contribution >= 4 is 11.6 Å². The molecule has 0 radical (unpaired) electrons. The molecule has 0 aliphatic carbocycles. The van der Waals surface area contributed by atoms with Gasteiger partial charge in [0.1, 0.15) is 0 Å². The van der Waals surface area contributed by atoms with Crippen LogP contribution in [0.3, 0.4) is 0 Å². The van der Waals surface area contributed by atoms with Crippen LogP contribution in [0.4, 0.5) is 0 Å². The smallest absolute Gasteiger partial charge is 0.224 e. The van der Waals surface area contributed by atoms with E-state index in [4.69, 9.17) is 5.26 Å². The molecule has 0 rings (SSSR count). The van der Waals surface area contributed by atoms with Crippen LogP contribution in [-0.2, 0) is 14.5 Å². The first-order valence-corrected chi connectivity index (χ1v) is 4.00. The van der Waals surface area contributed by atoms with Crippen molar-refractivity contribution in [2.45, 2.75) is 26.4 Å². The lowest BCUT2D eigenvalue weighted by atomic mass is 9.88. The Kier molecular flexibility index (Phi) is 3.92. The molecule has 0 spiro atoms. The van der Waals surface area contributed by atoms with Gasteiger partial charge < -0.3 is 0 Å². The molecule has 0 aliphatic heterocycles. The zero-order chi connectivity index (χ0) is 11.5. The molecule has 0 aromatic rings. The molecule has 0 bridgehead atoms. The second kappa shape index (κ2) is 4.30. The van der Waals surface area contributed by atoms with E-state index in [9.17, 15) is 9.59 Å². The van der Waals surface area contributed by atoms with E-state index in [-0.39, 0.29) is 11.1 Å². The van der Waals surface area contributed by atoms with E-state index in [2.05, 4.69) is 18.0 Å². The fraction of sp³-hybridized carbons (Fsp3) is 0.400. The van der Waals surface area contributed by atoms with E-state index in [1.807, 2.05) is 0 Å². The fourth-order valence-electron chi connectivity index (χ4n) is 1.00. The molecular weight excluding hydrogens is 184 g/mol. The van der Waals surface area contributed by atoms with Crippen molar-refractivity contribution in [3.63, 3.8) is 0 Å². The van der Waals surface area contributed by atoms with E-state index in [1.165, 1.54) is 20.8 Å². The topological polar surface area (TPSA) is 63.6 Å². The average molecular weight is 198 g/mol. The highest BCUT2D eigenvalue weighted by atomic mass is 17.1. The maximum atomic E-state index is 11.5. The number of hydrogen-bond acceptors (Lipinski definition) is 4. The molecule has 0 aromatic carbocycles. The summed E-state index contributed by atoms with van der Waals surface area (Å²) in [6, 6.07) is 0. The zero-order valence-electron chi connectivity index (χ0n) is 8.59. The van der Waals surface area contributed by atoms with Crippen molar-refractivity contribution in [1.82, 2.24) is 0 Å². The van der Waals surface area contributed by atoms with Crippen LogP contribution in [0.25, 0.3) is 0 Å². The molecule has 4 heteroatoms. The normalized spacial score (nSPS) is 10.9. The third-order valence-electron chi connectivity index (χ3n) is 1.82. The predicted octanol–water partition coefficient (Wildman–Crippen LogP) is 1.53. The molecule has 4 nitrogen and oxygen atoms in total. The monoisotopic (exact) mass is 198 g/mol. The van der Waals surface area contributed by atoms with Crippen molar-refractivity contribution in [2.24, 2.45) is 0 Å². The second-order valence-corrected chi connectivity index (χ2v) is 3.34. The first kappa shape index (κ1) is 12.7. The van der Waals surface area contributed by atoms with Crippen LogP contribution >= 0.6 is 0 Å². The van der Waals surface area contributed by atoms with Gasteiger partial charge in [0.25, 0.3) is 0 Å². The SMILES string of the molecule is C=C(C)C(=O)C(C)(OO)C(=O)C(=C)C. The number of hydrogen-bond donors (Lipinski definition) is 1. The van der Waals surface area contributed by atoms with Crippen LogP contribution in [0.15, 0.2) is 24.3 Å². The molecule has 0 heterocycles. The Morgan fingerprint density at radius 3 is 1.57 bits per heavy atom. The Bertz CT molecular complexity index is 275. The third kappa shape index (κ3) is 2.16. The summed E-state index contributed by atoms with van der Waals surface area (Å²) in [4.78, 5) is 27.0. The summed E-state index contributed by atoms with van der Waals surface area (Å²) in [7, 11) is 0. The predicted molar refractivity (Wildman–Crippen MR) is 51.8 cm³/mol. The van der Waals surface area contributed by atoms with E-state index < -0.39 is 17.2 Å². The van der Waals surface area contributed by atoms with Gasteiger partial charge in [-0.05, 0) is 31.9 Å². The van der Waals surface area contributed by atoms with Gasteiger partial charge in [0, 0.05) is 0 Å². The first-order chi connectivity index (χ1) is 6.27. The molecule has 0 unspecified atom stereocenters. The van der Waals surface area contributed by atoms with Gasteiger partial charge in [0.2, 0.25) is 17.2 Å². The highest BCUT2D eigenvalue weighted by molar-refractivity contribution is 6.21. The van der Waals surface area contributed by atoms with Crippen LogP contribution in [0.2, 0.25) is 0 Å². The molecule has 0 fully saturated rings. The summed E-state index contributed by atoms with van der Waals surface area (Å²) in [5.74, 6) is -1.32. The van der Waals surface area contributed by atoms with Crippen molar-refractivity contribution in [3.05, 3.63) is 24.3 Å². The minimum absolute atomic E-state index is 0.135. The molecule has 0 aliphatic rings. The Morgan fingerprint density at radius 2 is 1.43 bits per heavy atom. The summed E-state index contributed by atoms with van der Waals surface area (Å²) < 4.78 is 0. The van der Waals surface area contributed by atoms with Crippen LogP contribution in [0, 0.1) is 0 Å². The minimum Gasteiger partial charge on any atom is -0.291 e. The van der Waals surface area contributed by atoms with Gasteiger partial charge in [-0.25, -0.2) is 4.89 Å². The number of Topliss-reactive ketones (excluding diaryl/α,β-unsaturated/α-hetero) is 2. The van der Waals surface area contributed by atoms with Crippen molar-refractivity contribution < 1.29 is 19.7 Å². The molecule has 0 amide bonds. The molecule has 0 atom stereocenters. The van der Waals surface area contributed by atoms with Gasteiger partial charge in [-0.2, -0.15) is 0 Å². The lowest BCUT2D eigenvalue weighted by Crippen LogP contribution is -2.46. The summed E-state index contributed by atoms with van der Waals surface area (Å²) in [5.41, 5.74) is -1.65. The van der Waals surface area contributed by atoms with Gasteiger partial charge in [-0.1, -0.05) is 13.2 Å². The van der Waals surface area contributed by atoms with E-state index in [0.29, 0.717) is 0 Å². The maximum absolute atomic E-state index is 11.5. The van der Waals surface area contributed by atoms with Crippen molar-refractivity contribution in [3.8, 4) is 0 Å². The van der Waals surface area contributed by atoms with Crippen LogP contribution in [-0.4, -0.2) is 22.4 Å². The van der Waals surface area contributed by atoms with Gasteiger partial charge in [-0.15, -0.1) is 0 Å². The quantitative estimate of drug-likeness (QED) is 0.315. The van der Waals surface area contributed by atoms with E-state index in [1.54, 1.807) is 0 Å². The molecule has 14 heavy (non-hydrogen) atoms. The minimum atomic E-state index is -1.92. The van der Waals surface area contributed by atoms with Crippen LogP contribution in [0.1, 0.15) is 20.8 Å². The average Bonchev–Trinajstić information content (AvgIpc) is 2.13. The molecule has 0 aromatic heterocycles.